The second-order valence-corrected chi connectivity index (χ2v) is 8.47. The molecule has 0 bridgehead atoms. The van der Waals surface area contributed by atoms with Crippen molar-refractivity contribution in [2.45, 2.75) is 58.8 Å². The molecule has 11 heteroatoms. The van der Waals surface area contributed by atoms with Crippen molar-refractivity contribution in [3.63, 3.8) is 0 Å². The van der Waals surface area contributed by atoms with Gasteiger partial charge in [-0.15, -0.1) is 0 Å². The zero-order valence-corrected chi connectivity index (χ0v) is 21.6. The van der Waals surface area contributed by atoms with Crippen molar-refractivity contribution in [2.24, 2.45) is 10.9 Å². The maximum Gasteiger partial charge on any atom is 0.335 e. The molecule has 0 saturated carbocycles. The number of hydrogen-bond acceptors (Lipinski definition) is 7. The fourth-order valence-electron chi connectivity index (χ4n) is 3.20. The van der Waals surface area contributed by atoms with Gasteiger partial charge in [-0.1, -0.05) is 19.0 Å². The third kappa shape index (κ3) is 10.6. The van der Waals surface area contributed by atoms with Crippen LogP contribution in [0.25, 0.3) is 0 Å². The largest absolute Gasteiger partial charge is 0.380 e. The van der Waals surface area contributed by atoms with Gasteiger partial charge < -0.3 is 26.5 Å². The van der Waals surface area contributed by atoms with Crippen LogP contribution in [0.15, 0.2) is 53.7 Å². The summed E-state index contributed by atoms with van der Waals surface area (Å²) in [6.45, 7) is 3.74. The highest BCUT2D eigenvalue weighted by Crippen LogP contribution is 2.13. The summed E-state index contributed by atoms with van der Waals surface area (Å²) in [6.07, 6.45) is 2.61. The van der Waals surface area contributed by atoms with Gasteiger partial charge in [-0.25, -0.2) is 4.79 Å². The lowest BCUT2D eigenvalue weighted by molar-refractivity contribution is -0.143. The van der Waals surface area contributed by atoms with Crippen molar-refractivity contribution in [1.29, 1.82) is 5.41 Å². The molecular weight excluding hydrogens is 488 g/mol. The number of nitrogens with one attached hydrogen (secondary N) is 4. The Hall–Kier alpha value is -4.54. The zero-order valence-electron chi connectivity index (χ0n) is 21.6. The first-order valence-electron chi connectivity index (χ1n) is 12.4. The minimum Gasteiger partial charge on any atom is -0.380 e. The summed E-state index contributed by atoms with van der Waals surface area (Å²) in [4.78, 5) is 52.2. The molecule has 0 spiro atoms. The average molecular weight is 523 g/mol. The van der Waals surface area contributed by atoms with Crippen LogP contribution in [-0.4, -0.2) is 35.4 Å². The Kier molecular flexibility index (Phi) is 12.1. The molecule has 0 aliphatic carbocycles. The van der Waals surface area contributed by atoms with E-state index in [1.54, 1.807) is 48.5 Å². The summed E-state index contributed by atoms with van der Waals surface area (Å²) >= 11 is 0. The molecule has 6 N–H and O–H groups in total. The summed E-state index contributed by atoms with van der Waals surface area (Å²) in [5.41, 5.74) is 7.98. The van der Waals surface area contributed by atoms with Crippen LogP contribution in [0.4, 0.5) is 11.4 Å². The molecule has 2 rings (SSSR count). The lowest BCUT2D eigenvalue weighted by Crippen LogP contribution is -2.30. The van der Waals surface area contributed by atoms with E-state index >= 15 is 0 Å². The number of amides is 3. The van der Waals surface area contributed by atoms with Gasteiger partial charge in [0.25, 0.3) is 0 Å². The molecule has 2 aromatic carbocycles. The standard InChI is InChI=1S/C27H34N6O5/c1-3-6-22(34)32-26(28)18-10-14-20(15-11-18)30-23(35)8-5-9-24(36)31-21-16-12-19(13-17-21)27(29)33-38-25(37)7-4-2/h10-17H,3-9H2,1-2H3,(H2,29,33)(H,30,35)(H,31,36)(H2,28,32,34). The molecule has 0 aliphatic heterocycles. The molecule has 202 valence electrons. The second kappa shape index (κ2) is 15.5. The number of carbonyl (C=O) groups is 4. The van der Waals surface area contributed by atoms with Gasteiger partial charge in [0.15, 0.2) is 5.84 Å². The fourth-order valence-corrected chi connectivity index (χ4v) is 3.20. The van der Waals surface area contributed by atoms with Gasteiger partial charge >= 0.3 is 5.97 Å². The molecule has 0 aromatic heterocycles. The lowest BCUT2D eigenvalue weighted by atomic mass is 10.1. The molecular formula is C27H34N6O5. The van der Waals surface area contributed by atoms with Crippen LogP contribution >= 0.6 is 0 Å². The van der Waals surface area contributed by atoms with E-state index in [1.807, 2.05) is 13.8 Å². The molecule has 2 aromatic rings. The molecule has 0 unspecified atom stereocenters. The lowest BCUT2D eigenvalue weighted by Gasteiger charge is -2.09. The third-order valence-corrected chi connectivity index (χ3v) is 5.17. The number of oxime groups is 1. The van der Waals surface area contributed by atoms with Crippen molar-refractivity contribution in [1.82, 2.24) is 5.32 Å². The molecule has 0 radical (unpaired) electrons. The van der Waals surface area contributed by atoms with Crippen molar-refractivity contribution in [2.75, 3.05) is 10.6 Å². The van der Waals surface area contributed by atoms with E-state index in [2.05, 4.69) is 21.1 Å². The van der Waals surface area contributed by atoms with E-state index in [-0.39, 0.29) is 48.7 Å². The van der Waals surface area contributed by atoms with Crippen molar-refractivity contribution in [3.8, 4) is 0 Å². The Morgan fingerprint density at radius 3 is 1.76 bits per heavy atom. The maximum absolute atomic E-state index is 12.2. The van der Waals surface area contributed by atoms with Gasteiger partial charge in [-0.3, -0.25) is 19.8 Å². The highest BCUT2D eigenvalue weighted by Gasteiger charge is 2.09. The SMILES string of the molecule is CCCC(=O)NC(=N)c1ccc(NC(=O)CCCC(=O)Nc2ccc(/C(N)=N/OC(=O)CCC)cc2)cc1. The van der Waals surface area contributed by atoms with Gasteiger partial charge in [0.1, 0.15) is 5.84 Å². The minimum absolute atomic E-state index is 0.00601. The summed E-state index contributed by atoms with van der Waals surface area (Å²) in [7, 11) is 0. The topological polar surface area (TPSA) is 176 Å². The Morgan fingerprint density at radius 1 is 0.763 bits per heavy atom. The maximum atomic E-state index is 12.2. The fraction of sp³-hybridized carbons (Fsp3) is 0.333. The van der Waals surface area contributed by atoms with Crippen LogP contribution in [0.5, 0.6) is 0 Å². The smallest absolute Gasteiger partial charge is 0.335 e. The molecule has 0 fully saturated rings. The Labute approximate surface area is 221 Å². The molecule has 0 heterocycles. The normalized spacial score (nSPS) is 10.8. The highest BCUT2D eigenvalue weighted by molar-refractivity contribution is 6.06. The van der Waals surface area contributed by atoms with Crippen LogP contribution in [0.3, 0.4) is 0 Å². The Bertz CT molecular complexity index is 1160. The number of hydrogen-bond donors (Lipinski definition) is 5. The van der Waals surface area contributed by atoms with E-state index < -0.39 is 5.97 Å². The van der Waals surface area contributed by atoms with Crippen molar-refractivity contribution >= 4 is 46.7 Å². The van der Waals surface area contributed by atoms with Crippen LogP contribution in [0.1, 0.15) is 69.9 Å². The van der Waals surface area contributed by atoms with Gasteiger partial charge in [-0.05, 0) is 67.8 Å². The molecule has 0 atom stereocenters. The molecule has 11 nitrogen and oxygen atoms in total. The number of amidine groups is 2. The predicted octanol–water partition coefficient (Wildman–Crippen LogP) is 3.64. The minimum atomic E-state index is -0.461. The third-order valence-electron chi connectivity index (χ3n) is 5.17. The van der Waals surface area contributed by atoms with Gasteiger partial charge in [-0.2, -0.15) is 0 Å². The molecule has 3 amide bonds. The zero-order chi connectivity index (χ0) is 27.9. The molecule has 38 heavy (non-hydrogen) atoms. The first-order valence-corrected chi connectivity index (χ1v) is 12.4. The van der Waals surface area contributed by atoms with E-state index in [0.29, 0.717) is 48.2 Å². The highest BCUT2D eigenvalue weighted by atomic mass is 16.7. The number of rotatable bonds is 13. The van der Waals surface area contributed by atoms with Crippen LogP contribution in [-0.2, 0) is 24.0 Å². The second-order valence-electron chi connectivity index (χ2n) is 8.47. The number of carbonyl (C=O) groups excluding carboxylic acids is 4. The van der Waals surface area contributed by atoms with E-state index in [1.165, 1.54) is 0 Å². The molecule has 0 saturated heterocycles. The van der Waals surface area contributed by atoms with E-state index in [0.717, 1.165) is 0 Å². The number of anilines is 2. The van der Waals surface area contributed by atoms with Gasteiger partial charge in [0.05, 0.1) is 0 Å². The number of nitrogens with zero attached hydrogens (tertiary/aromatic N) is 1. The van der Waals surface area contributed by atoms with Crippen LogP contribution < -0.4 is 21.7 Å². The van der Waals surface area contributed by atoms with Crippen LogP contribution in [0.2, 0.25) is 0 Å². The summed E-state index contributed by atoms with van der Waals surface area (Å²) < 4.78 is 0. The predicted molar refractivity (Wildman–Crippen MR) is 146 cm³/mol. The molecule has 0 aliphatic rings. The number of nitrogens with two attached hydrogens (primary N) is 1. The van der Waals surface area contributed by atoms with E-state index in [4.69, 9.17) is 16.0 Å². The van der Waals surface area contributed by atoms with Gasteiger partial charge in [0, 0.05) is 48.2 Å². The first kappa shape index (κ1) is 29.7. The summed E-state index contributed by atoms with van der Waals surface area (Å²) in [5, 5.41) is 19.6. The Balaban J connectivity index is 1.73. The van der Waals surface area contributed by atoms with Gasteiger partial charge in [0.2, 0.25) is 17.7 Å². The summed E-state index contributed by atoms with van der Waals surface area (Å²) in [5.74, 6) is -1.10. The van der Waals surface area contributed by atoms with Crippen molar-refractivity contribution in [3.05, 3.63) is 59.7 Å². The van der Waals surface area contributed by atoms with Crippen molar-refractivity contribution < 1.29 is 24.0 Å². The monoisotopic (exact) mass is 522 g/mol. The number of benzene rings is 2. The first-order chi connectivity index (χ1) is 18.2. The average Bonchev–Trinajstić information content (AvgIpc) is 2.88. The summed E-state index contributed by atoms with van der Waals surface area (Å²) in [6, 6.07) is 13.2. The van der Waals surface area contributed by atoms with Crippen LogP contribution in [0, 0.1) is 5.41 Å². The van der Waals surface area contributed by atoms with E-state index in [9.17, 15) is 19.2 Å². The quantitative estimate of drug-likeness (QED) is 0.116. The Morgan fingerprint density at radius 2 is 1.26 bits per heavy atom.